The van der Waals surface area contributed by atoms with Gasteiger partial charge in [0.2, 0.25) is 0 Å². The average molecular weight is 176 g/mol. The minimum Gasteiger partial charge on any atom is -0.325 e. The molecule has 3 nitrogen and oxygen atoms in total. The monoisotopic (exact) mass is 176 g/mol. The Morgan fingerprint density at radius 2 is 2.31 bits per heavy atom. The Balaban J connectivity index is 3.23. The first-order valence-electron chi connectivity index (χ1n) is 4.32. The molecule has 0 radical (unpaired) electrons. The van der Waals surface area contributed by atoms with Gasteiger partial charge in [0.05, 0.1) is 0 Å². The van der Waals surface area contributed by atoms with Crippen molar-refractivity contribution < 1.29 is 0 Å². The predicted molar refractivity (Wildman–Crippen MR) is 50.5 cm³/mol. The van der Waals surface area contributed by atoms with Crippen LogP contribution in [0.15, 0.2) is 10.9 Å². The van der Waals surface area contributed by atoms with Gasteiger partial charge in [0.25, 0.3) is 5.56 Å². The summed E-state index contributed by atoms with van der Waals surface area (Å²) in [6.07, 6.45) is 1.84. The molecule has 13 heavy (non-hydrogen) atoms. The number of nitriles is 1. The van der Waals surface area contributed by atoms with Crippen molar-refractivity contribution >= 4 is 0 Å². The molecule has 1 aromatic heterocycles. The first-order chi connectivity index (χ1) is 6.19. The molecule has 0 amide bonds. The summed E-state index contributed by atoms with van der Waals surface area (Å²) in [7, 11) is 0. The van der Waals surface area contributed by atoms with Crippen LogP contribution in [0.2, 0.25) is 0 Å². The summed E-state index contributed by atoms with van der Waals surface area (Å²) in [5, 5.41) is 8.65. The molecule has 0 spiro atoms. The molecule has 0 atom stereocenters. The second kappa shape index (κ2) is 3.90. The normalized spacial score (nSPS) is 9.62. The number of pyridine rings is 1. The quantitative estimate of drug-likeness (QED) is 0.742. The van der Waals surface area contributed by atoms with Crippen molar-refractivity contribution in [1.82, 2.24) is 4.98 Å². The van der Waals surface area contributed by atoms with Gasteiger partial charge in [-0.15, -0.1) is 0 Å². The number of rotatable bonds is 2. The highest BCUT2D eigenvalue weighted by atomic mass is 16.1. The third-order valence-electron chi connectivity index (χ3n) is 1.92. The van der Waals surface area contributed by atoms with Gasteiger partial charge in [-0.05, 0) is 25.0 Å². The summed E-state index contributed by atoms with van der Waals surface area (Å²) in [4.78, 5) is 14.0. The van der Waals surface area contributed by atoms with E-state index in [1.54, 1.807) is 6.92 Å². The number of hydrogen-bond acceptors (Lipinski definition) is 2. The standard InChI is InChI=1S/C10H12N2O/c1-3-4-8-5-7(2)9(6-11)10(13)12-8/h5H,3-4H2,1-2H3,(H,12,13). The topological polar surface area (TPSA) is 56.6 Å². The molecule has 0 aliphatic carbocycles. The van der Waals surface area contributed by atoms with Gasteiger partial charge in [-0.1, -0.05) is 13.3 Å². The van der Waals surface area contributed by atoms with Crippen LogP contribution in [0, 0.1) is 18.3 Å². The molecule has 0 aliphatic rings. The van der Waals surface area contributed by atoms with Gasteiger partial charge in [0, 0.05) is 5.69 Å². The van der Waals surface area contributed by atoms with Crippen LogP contribution in [-0.4, -0.2) is 4.98 Å². The lowest BCUT2D eigenvalue weighted by atomic mass is 10.1. The maximum absolute atomic E-state index is 11.3. The fourth-order valence-electron chi connectivity index (χ4n) is 1.30. The van der Waals surface area contributed by atoms with Crippen LogP contribution in [0.25, 0.3) is 0 Å². The van der Waals surface area contributed by atoms with Crippen LogP contribution in [0.5, 0.6) is 0 Å². The number of aryl methyl sites for hydroxylation is 2. The second-order valence-electron chi connectivity index (χ2n) is 3.04. The van der Waals surface area contributed by atoms with E-state index in [9.17, 15) is 4.79 Å². The van der Waals surface area contributed by atoms with Crippen LogP contribution >= 0.6 is 0 Å². The van der Waals surface area contributed by atoms with E-state index in [4.69, 9.17) is 5.26 Å². The van der Waals surface area contributed by atoms with E-state index in [-0.39, 0.29) is 11.1 Å². The van der Waals surface area contributed by atoms with E-state index in [0.29, 0.717) is 0 Å². The van der Waals surface area contributed by atoms with Crippen molar-refractivity contribution in [2.75, 3.05) is 0 Å². The van der Waals surface area contributed by atoms with Crippen molar-refractivity contribution in [2.24, 2.45) is 0 Å². The van der Waals surface area contributed by atoms with E-state index in [1.807, 2.05) is 19.1 Å². The first-order valence-corrected chi connectivity index (χ1v) is 4.32. The van der Waals surface area contributed by atoms with Gasteiger partial charge in [-0.25, -0.2) is 0 Å². The summed E-state index contributed by atoms with van der Waals surface area (Å²) in [6.45, 7) is 3.83. The number of nitrogens with one attached hydrogen (secondary N) is 1. The van der Waals surface area contributed by atoms with E-state index < -0.39 is 0 Å². The molecule has 0 aliphatic heterocycles. The highest BCUT2D eigenvalue weighted by molar-refractivity contribution is 5.35. The molecule has 1 rings (SSSR count). The van der Waals surface area contributed by atoms with Crippen molar-refractivity contribution in [3.05, 3.63) is 33.2 Å². The first kappa shape index (κ1) is 9.53. The highest BCUT2D eigenvalue weighted by Crippen LogP contribution is 2.04. The molecule has 1 aromatic rings. The molecule has 0 aromatic carbocycles. The predicted octanol–water partition coefficient (Wildman–Crippen LogP) is 1.51. The third-order valence-corrected chi connectivity index (χ3v) is 1.92. The lowest BCUT2D eigenvalue weighted by Gasteiger charge is -2.01. The molecular weight excluding hydrogens is 164 g/mol. The van der Waals surface area contributed by atoms with E-state index in [2.05, 4.69) is 4.98 Å². The van der Waals surface area contributed by atoms with Gasteiger partial charge in [0.15, 0.2) is 0 Å². The van der Waals surface area contributed by atoms with E-state index in [1.165, 1.54) is 0 Å². The number of nitrogens with zero attached hydrogens (tertiary/aromatic N) is 1. The molecule has 68 valence electrons. The summed E-state index contributed by atoms with van der Waals surface area (Å²) < 4.78 is 0. The highest BCUT2D eigenvalue weighted by Gasteiger charge is 2.04. The van der Waals surface area contributed by atoms with Crippen LogP contribution in [0.3, 0.4) is 0 Å². The van der Waals surface area contributed by atoms with Gasteiger partial charge in [-0.3, -0.25) is 4.79 Å². The Bertz CT molecular complexity index is 398. The molecule has 3 heteroatoms. The fourth-order valence-corrected chi connectivity index (χ4v) is 1.30. The molecule has 0 fully saturated rings. The van der Waals surface area contributed by atoms with E-state index >= 15 is 0 Å². The molecule has 1 N–H and O–H groups in total. The largest absolute Gasteiger partial charge is 0.325 e. The van der Waals surface area contributed by atoms with Crippen molar-refractivity contribution in [3.63, 3.8) is 0 Å². The molecule has 0 saturated carbocycles. The average Bonchev–Trinajstić information content (AvgIpc) is 2.04. The summed E-state index contributed by atoms with van der Waals surface area (Å²) in [5.41, 5.74) is 1.62. The smallest absolute Gasteiger partial charge is 0.266 e. The maximum Gasteiger partial charge on any atom is 0.266 e. The number of hydrogen-bond donors (Lipinski definition) is 1. The maximum atomic E-state index is 11.3. The van der Waals surface area contributed by atoms with Crippen LogP contribution < -0.4 is 5.56 Å². The van der Waals surface area contributed by atoms with Crippen LogP contribution in [0.4, 0.5) is 0 Å². The molecular formula is C10H12N2O. The third kappa shape index (κ3) is 1.97. The fraction of sp³-hybridized carbons (Fsp3) is 0.400. The lowest BCUT2D eigenvalue weighted by Crippen LogP contribution is -2.14. The van der Waals surface area contributed by atoms with E-state index in [0.717, 1.165) is 24.1 Å². The number of aromatic amines is 1. The number of aromatic nitrogens is 1. The Morgan fingerprint density at radius 1 is 1.62 bits per heavy atom. The molecule has 0 unspecified atom stereocenters. The lowest BCUT2D eigenvalue weighted by molar-refractivity contribution is 0.870. The van der Waals surface area contributed by atoms with Crippen molar-refractivity contribution in [1.29, 1.82) is 5.26 Å². The summed E-state index contributed by atoms with van der Waals surface area (Å²) >= 11 is 0. The SMILES string of the molecule is CCCc1cc(C)c(C#N)c(=O)[nH]1. The Kier molecular flexibility index (Phi) is 2.86. The summed E-state index contributed by atoms with van der Waals surface area (Å²) in [5.74, 6) is 0. The zero-order valence-electron chi connectivity index (χ0n) is 7.85. The zero-order valence-corrected chi connectivity index (χ0v) is 7.85. The minimum atomic E-state index is -0.272. The second-order valence-corrected chi connectivity index (χ2v) is 3.04. The minimum absolute atomic E-state index is 0.222. The van der Waals surface area contributed by atoms with Crippen LogP contribution in [-0.2, 0) is 6.42 Å². The molecule has 0 saturated heterocycles. The van der Waals surface area contributed by atoms with Gasteiger partial charge in [-0.2, -0.15) is 5.26 Å². The van der Waals surface area contributed by atoms with Crippen molar-refractivity contribution in [3.8, 4) is 6.07 Å². The Morgan fingerprint density at radius 3 is 2.77 bits per heavy atom. The van der Waals surface area contributed by atoms with Gasteiger partial charge in [0.1, 0.15) is 11.6 Å². The van der Waals surface area contributed by atoms with Gasteiger partial charge < -0.3 is 4.98 Å². The Hall–Kier alpha value is -1.56. The Labute approximate surface area is 77.0 Å². The summed E-state index contributed by atoms with van der Waals surface area (Å²) in [6, 6.07) is 3.75. The number of H-pyrrole nitrogens is 1. The molecule has 0 bridgehead atoms. The zero-order chi connectivity index (χ0) is 9.84. The van der Waals surface area contributed by atoms with Gasteiger partial charge >= 0.3 is 0 Å². The van der Waals surface area contributed by atoms with Crippen LogP contribution in [0.1, 0.15) is 30.2 Å². The molecule has 1 heterocycles. The van der Waals surface area contributed by atoms with Crippen molar-refractivity contribution in [2.45, 2.75) is 26.7 Å².